The van der Waals surface area contributed by atoms with Gasteiger partial charge >= 0.3 is 0 Å². The minimum Gasteiger partial charge on any atom is -0.497 e. The van der Waals surface area contributed by atoms with Gasteiger partial charge in [-0.2, -0.15) is 0 Å². The number of rotatable bonds is 3. The number of ketones is 1. The molecule has 0 radical (unpaired) electrons. The van der Waals surface area contributed by atoms with Crippen LogP contribution in [0.15, 0.2) is 59.8 Å². The van der Waals surface area contributed by atoms with Gasteiger partial charge in [-0.1, -0.05) is 24.3 Å². The molecular formula is C22H20FNO3. The normalized spacial score (nSPS) is 22.3. The fourth-order valence-electron chi connectivity index (χ4n) is 4.07. The lowest BCUT2D eigenvalue weighted by Crippen LogP contribution is -2.38. The molecule has 5 heteroatoms. The molecule has 0 bridgehead atoms. The number of carbonyl (C=O) groups excluding carboxylic acids is 2. The molecule has 4 rings (SSSR count). The van der Waals surface area contributed by atoms with Crippen LogP contribution >= 0.6 is 0 Å². The van der Waals surface area contributed by atoms with Gasteiger partial charge in [-0.15, -0.1) is 0 Å². The Morgan fingerprint density at radius 3 is 2.52 bits per heavy atom. The number of hydrogen-bond donors (Lipinski definition) is 1. The summed E-state index contributed by atoms with van der Waals surface area (Å²) in [6, 6.07) is 13.8. The maximum Gasteiger partial charge on any atom is 0.225 e. The fourth-order valence-corrected chi connectivity index (χ4v) is 4.07. The summed E-state index contributed by atoms with van der Waals surface area (Å²) in [5.41, 5.74) is 3.21. The quantitative estimate of drug-likeness (QED) is 0.899. The minimum absolute atomic E-state index is 0.0402. The van der Waals surface area contributed by atoms with Crippen molar-refractivity contribution in [3.63, 3.8) is 0 Å². The zero-order valence-electron chi connectivity index (χ0n) is 15.0. The Labute approximate surface area is 157 Å². The average molecular weight is 365 g/mol. The highest BCUT2D eigenvalue weighted by Crippen LogP contribution is 2.42. The van der Waals surface area contributed by atoms with Crippen LogP contribution in [0.4, 0.5) is 4.39 Å². The predicted molar refractivity (Wildman–Crippen MR) is 98.9 cm³/mol. The van der Waals surface area contributed by atoms with E-state index in [1.165, 1.54) is 12.1 Å². The third-order valence-electron chi connectivity index (χ3n) is 5.37. The van der Waals surface area contributed by atoms with Crippen molar-refractivity contribution in [2.24, 2.45) is 0 Å². The number of ether oxygens (including phenoxy) is 1. The summed E-state index contributed by atoms with van der Waals surface area (Å²) in [7, 11) is 1.59. The van der Waals surface area contributed by atoms with Crippen LogP contribution in [0.1, 0.15) is 42.2 Å². The number of nitrogens with one attached hydrogen (secondary N) is 1. The zero-order valence-corrected chi connectivity index (χ0v) is 15.0. The second-order valence-electron chi connectivity index (χ2n) is 7.05. The van der Waals surface area contributed by atoms with Crippen LogP contribution in [0.25, 0.3) is 0 Å². The van der Waals surface area contributed by atoms with Crippen LogP contribution in [0.2, 0.25) is 0 Å². The first-order chi connectivity index (χ1) is 13.0. The second kappa shape index (κ2) is 6.99. The average Bonchev–Trinajstić information content (AvgIpc) is 2.67. The number of halogens is 1. The first kappa shape index (κ1) is 17.5. The fraction of sp³-hybridized carbons (Fsp3) is 0.273. The Bertz CT molecular complexity index is 933. The zero-order chi connectivity index (χ0) is 19.0. The SMILES string of the molecule is COc1cccc([C@@H]2CC(=O)NC3=C2C(=O)C[C@H](c2ccc(F)cc2)C3)c1. The molecule has 4 nitrogen and oxygen atoms in total. The largest absolute Gasteiger partial charge is 0.497 e. The van der Waals surface area contributed by atoms with Crippen molar-refractivity contribution in [2.45, 2.75) is 31.1 Å². The number of methoxy groups -OCH3 is 1. The Morgan fingerprint density at radius 1 is 1.00 bits per heavy atom. The molecule has 1 amide bonds. The molecule has 0 spiro atoms. The summed E-state index contributed by atoms with van der Waals surface area (Å²) in [6.45, 7) is 0. The molecule has 2 aromatic carbocycles. The maximum absolute atomic E-state index is 13.2. The van der Waals surface area contributed by atoms with Gasteiger partial charge < -0.3 is 10.1 Å². The van der Waals surface area contributed by atoms with Gasteiger partial charge in [0, 0.05) is 30.0 Å². The molecular weight excluding hydrogens is 345 g/mol. The van der Waals surface area contributed by atoms with E-state index in [0.717, 1.165) is 11.1 Å². The van der Waals surface area contributed by atoms with E-state index in [0.29, 0.717) is 29.9 Å². The van der Waals surface area contributed by atoms with Crippen LogP contribution in [0, 0.1) is 5.82 Å². The lowest BCUT2D eigenvalue weighted by Gasteiger charge is -2.34. The standard InChI is InChI=1S/C22H20FNO3/c1-27-17-4-2-3-14(9-17)18-12-21(26)24-19-10-15(11-20(25)22(18)19)13-5-7-16(23)8-6-13/h2-9,15,18H,10-12H2,1H3,(H,24,26)/t15-,18+/m1/s1. The monoisotopic (exact) mass is 365 g/mol. The Hall–Kier alpha value is -2.95. The molecule has 2 aliphatic rings. The van der Waals surface area contributed by atoms with Crippen molar-refractivity contribution < 1.29 is 18.7 Å². The third-order valence-corrected chi connectivity index (χ3v) is 5.37. The highest BCUT2D eigenvalue weighted by atomic mass is 19.1. The highest BCUT2D eigenvalue weighted by molar-refractivity contribution is 6.02. The molecule has 2 aromatic rings. The molecule has 27 heavy (non-hydrogen) atoms. The van der Waals surface area contributed by atoms with E-state index < -0.39 is 0 Å². The number of hydrogen-bond acceptors (Lipinski definition) is 3. The summed E-state index contributed by atoms with van der Waals surface area (Å²) in [6.07, 6.45) is 1.18. The van der Waals surface area contributed by atoms with Crippen molar-refractivity contribution in [3.05, 3.63) is 76.7 Å². The Kier molecular flexibility index (Phi) is 4.52. The molecule has 138 valence electrons. The van der Waals surface area contributed by atoms with E-state index in [2.05, 4.69) is 5.32 Å². The van der Waals surface area contributed by atoms with Crippen LogP contribution in [-0.4, -0.2) is 18.8 Å². The van der Waals surface area contributed by atoms with Crippen molar-refractivity contribution in [1.29, 1.82) is 0 Å². The number of allylic oxidation sites excluding steroid dienone is 2. The van der Waals surface area contributed by atoms with Crippen LogP contribution in [0.3, 0.4) is 0 Å². The molecule has 0 fully saturated rings. The van der Waals surface area contributed by atoms with Crippen molar-refractivity contribution in [1.82, 2.24) is 5.32 Å². The lowest BCUT2D eigenvalue weighted by atomic mass is 9.73. The highest BCUT2D eigenvalue weighted by Gasteiger charge is 2.38. The van der Waals surface area contributed by atoms with E-state index in [4.69, 9.17) is 4.74 Å². The van der Waals surface area contributed by atoms with Gasteiger partial charge in [-0.25, -0.2) is 4.39 Å². The van der Waals surface area contributed by atoms with E-state index in [1.807, 2.05) is 24.3 Å². The molecule has 1 heterocycles. The van der Waals surface area contributed by atoms with Crippen LogP contribution in [0.5, 0.6) is 5.75 Å². The summed E-state index contributed by atoms with van der Waals surface area (Å²) >= 11 is 0. The van der Waals surface area contributed by atoms with Crippen LogP contribution < -0.4 is 10.1 Å². The number of amides is 1. The first-order valence-corrected chi connectivity index (χ1v) is 9.00. The molecule has 1 N–H and O–H groups in total. The lowest BCUT2D eigenvalue weighted by molar-refractivity contribution is -0.122. The Morgan fingerprint density at radius 2 is 1.78 bits per heavy atom. The molecule has 0 unspecified atom stereocenters. The van der Waals surface area contributed by atoms with Gasteiger partial charge in [0.2, 0.25) is 5.91 Å². The second-order valence-corrected chi connectivity index (χ2v) is 7.05. The van der Waals surface area contributed by atoms with Crippen LogP contribution in [-0.2, 0) is 9.59 Å². The van der Waals surface area contributed by atoms with Gasteiger partial charge in [0.1, 0.15) is 11.6 Å². The minimum atomic E-state index is -0.301. The molecule has 1 aliphatic carbocycles. The topological polar surface area (TPSA) is 55.4 Å². The number of benzene rings is 2. The van der Waals surface area contributed by atoms with E-state index >= 15 is 0 Å². The molecule has 2 atom stereocenters. The van der Waals surface area contributed by atoms with Crippen molar-refractivity contribution in [2.75, 3.05) is 7.11 Å². The molecule has 1 aliphatic heterocycles. The summed E-state index contributed by atoms with van der Waals surface area (Å²) in [5.74, 6) is 0.0391. The van der Waals surface area contributed by atoms with Gasteiger partial charge in [0.05, 0.1) is 7.11 Å². The van der Waals surface area contributed by atoms with Crippen molar-refractivity contribution >= 4 is 11.7 Å². The van der Waals surface area contributed by atoms with Gasteiger partial charge in [0.15, 0.2) is 5.78 Å². The van der Waals surface area contributed by atoms with E-state index in [-0.39, 0.29) is 35.8 Å². The smallest absolute Gasteiger partial charge is 0.225 e. The number of Topliss-reactive ketones (excluding diaryl/α,β-unsaturated/α-hetero) is 1. The molecule has 0 saturated heterocycles. The first-order valence-electron chi connectivity index (χ1n) is 9.00. The van der Waals surface area contributed by atoms with Gasteiger partial charge in [-0.05, 0) is 47.7 Å². The molecule has 0 saturated carbocycles. The van der Waals surface area contributed by atoms with E-state index in [9.17, 15) is 14.0 Å². The molecule has 0 aromatic heterocycles. The summed E-state index contributed by atoms with van der Waals surface area (Å²) in [4.78, 5) is 25.3. The van der Waals surface area contributed by atoms with Crippen molar-refractivity contribution in [3.8, 4) is 5.75 Å². The predicted octanol–water partition coefficient (Wildman–Crippen LogP) is 3.84. The Balaban J connectivity index is 1.70. The summed E-state index contributed by atoms with van der Waals surface area (Å²) in [5, 5.41) is 2.90. The third kappa shape index (κ3) is 3.37. The summed E-state index contributed by atoms with van der Waals surface area (Å²) < 4.78 is 18.5. The van der Waals surface area contributed by atoms with E-state index in [1.54, 1.807) is 19.2 Å². The van der Waals surface area contributed by atoms with Gasteiger partial charge in [-0.3, -0.25) is 9.59 Å². The van der Waals surface area contributed by atoms with Gasteiger partial charge in [0.25, 0.3) is 0 Å². The maximum atomic E-state index is 13.2. The number of carbonyl (C=O) groups is 2.